The van der Waals surface area contributed by atoms with Crippen molar-refractivity contribution < 1.29 is 23.7 Å². The van der Waals surface area contributed by atoms with Gasteiger partial charge in [0, 0.05) is 0 Å². The Morgan fingerprint density at radius 1 is 0.667 bits per heavy atom. The van der Waals surface area contributed by atoms with Gasteiger partial charge in [-0.25, -0.2) is 0 Å². The first kappa shape index (κ1) is 28.5. The van der Waals surface area contributed by atoms with Crippen LogP contribution in [0.3, 0.4) is 0 Å². The van der Waals surface area contributed by atoms with Crippen molar-refractivity contribution in [3.63, 3.8) is 0 Å². The number of rotatable bonds is 12. The van der Waals surface area contributed by atoms with Gasteiger partial charge in [0.05, 0.1) is 30.2 Å². The maximum absolute atomic E-state index is 13.1. The van der Waals surface area contributed by atoms with E-state index in [0.717, 1.165) is 22.4 Å². The summed E-state index contributed by atoms with van der Waals surface area (Å²) < 4.78 is 24.0. The van der Waals surface area contributed by atoms with Crippen LogP contribution in [0.1, 0.15) is 37.5 Å². The molecule has 7 nitrogen and oxygen atoms in total. The van der Waals surface area contributed by atoms with E-state index in [4.69, 9.17) is 18.9 Å². The molecule has 4 aromatic rings. The summed E-state index contributed by atoms with van der Waals surface area (Å²) in [5.41, 5.74) is 4.76. The van der Waals surface area contributed by atoms with Crippen LogP contribution in [0, 0.1) is 0 Å². The van der Waals surface area contributed by atoms with Gasteiger partial charge in [-0.15, -0.1) is 0 Å². The molecule has 0 bridgehead atoms. The number of carbonyl (C=O) groups excluding carboxylic acids is 1. The topological polar surface area (TPSA) is 69.6 Å². The van der Waals surface area contributed by atoms with Crippen LogP contribution in [-0.4, -0.2) is 24.8 Å². The Bertz CT molecular complexity index is 1580. The summed E-state index contributed by atoms with van der Waals surface area (Å²) in [6.07, 6.45) is 1.83. The van der Waals surface area contributed by atoms with Gasteiger partial charge in [0.25, 0.3) is 5.91 Å². The molecule has 0 aromatic heterocycles. The molecule has 7 heteroatoms. The Morgan fingerprint density at radius 2 is 1.26 bits per heavy atom. The van der Waals surface area contributed by atoms with E-state index in [1.807, 2.05) is 124 Å². The highest BCUT2D eigenvalue weighted by Gasteiger charge is 2.28. The van der Waals surface area contributed by atoms with Gasteiger partial charge in [0.15, 0.2) is 23.0 Å². The van der Waals surface area contributed by atoms with E-state index in [9.17, 15) is 4.79 Å². The number of benzene rings is 4. The van der Waals surface area contributed by atoms with Crippen molar-refractivity contribution in [2.24, 2.45) is 5.10 Å². The monoisotopic (exact) mass is 562 g/mol. The smallest absolute Gasteiger partial charge is 0.280 e. The normalized spacial score (nSPS) is 13.7. The van der Waals surface area contributed by atoms with E-state index in [1.54, 1.807) is 0 Å². The highest BCUT2D eigenvalue weighted by atomic mass is 16.5. The van der Waals surface area contributed by atoms with E-state index in [-0.39, 0.29) is 5.91 Å². The number of para-hydroxylation sites is 1. The Kier molecular flexibility index (Phi) is 9.19. The molecule has 4 aromatic carbocycles. The maximum atomic E-state index is 13.1. The van der Waals surface area contributed by atoms with Crippen LogP contribution < -0.4 is 24.0 Å². The molecule has 214 valence electrons. The molecule has 0 aliphatic carbocycles. The largest absolute Gasteiger partial charge is 0.490 e. The number of hydrogen-bond donors (Lipinski definition) is 0. The van der Waals surface area contributed by atoms with E-state index in [2.05, 4.69) is 5.10 Å². The molecule has 1 heterocycles. The molecule has 0 radical (unpaired) electrons. The first-order chi connectivity index (χ1) is 20.6. The van der Waals surface area contributed by atoms with Crippen LogP contribution in [0.25, 0.3) is 6.08 Å². The predicted octanol–water partition coefficient (Wildman–Crippen LogP) is 7.45. The molecule has 5 rings (SSSR count). The number of hydrazone groups is 1. The summed E-state index contributed by atoms with van der Waals surface area (Å²) in [6, 6.07) is 30.9. The van der Waals surface area contributed by atoms with Crippen molar-refractivity contribution in [3.05, 3.63) is 119 Å². The molecule has 1 amide bonds. The zero-order valence-corrected chi connectivity index (χ0v) is 24.1. The zero-order chi connectivity index (χ0) is 29.3. The van der Waals surface area contributed by atoms with Crippen LogP contribution >= 0.6 is 0 Å². The average molecular weight is 563 g/mol. The van der Waals surface area contributed by atoms with Gasteiger partial charge in [0.1, 0.15) is 13.2 Å². The molecular formula is C35H34N2O5. The second-order valence-electron chi connectivity index (χ2n) is 9.61. The molecule has 42 heavy (non-hydrogen) atoms. The van der Waals surface area contributed by atoms with Gasteiger partial charge < -0.3 is 18.9 Å². The maximum Gasteiger partial charge on any atom is 0.280 e. The molecule has 0 N–H and O–H groups in total. The van der Waals surface area contributed by atoms with Crippen LogP contribution in [0.5, 0.6) is 23.0 Å². The molecule has 0 fully saturated rings. The van der Waals surface area contributed by atoms with Gasteiger partial charge >= 0.3 is 0 Å². The number of carbonyl (C=O) groups is 1. The lowest BCUT2D eigenvalue weighted by atomic mass is 10.1. The van der Waals surface area contributed by atoms with E-state index in [1.165, 1.54) is 5.01 Å². The number of hydrogen-bond acceptors (Lipinski definition) is 6. The second kappa shape index (κ2) is 13.5. The molecule has 0 spiro atoms. The first-order valence-electron chi connectivity index (χ1n) is 14.0. The molecule has 0 atom stereocenters. The summed E-state index contributed by atoms with van der Waals surface area (Å²) in [5.74, 6) is 2.39. The highest BCUT2D eigenvalue weighted by Crippen LogP contribution is 2.33. The SMILES string of the molecule is CCOc1cc(/C=C2\C(=O)N(c3ccccc3)N=C2C)ccc1OCc1ccc(OCc2ccccc2)c(OCC)c1. The Hall–Kier alpha value is -5.04. The van der Waals surface area contributed by atoms with Crippen molar-refractivity contribution >= 4 is 23.4 Å². The minimum absolute atomic E-state index is 0.168. The van der Waals surface area contributed by atoms with Crippen molar-refractivity contribution in [1.29, 1.82) is 0 Å². The number of ether oxygens (including phenoxy) is 4. The Balaban J connectivity index is 1.29. The lowest BCUT2D eigenvalue weighted by Gasteiger charge is -2.15. The summed E-state index contributed by atoms with van der Waals surface area (Å²) >= 11 is 0. The Labute approximate surface area is 246 Å². The van der Waals surface area contributed by atoms with Gasteiger partial charge in [0.2, 0.25) is 0 Å². The van der Waals surface area contributed by atoms with Gasteiger partial charge in [-0.2, -0.15) is 10.1 Å². The van der Waals surface area contributed by atoms with Crippen molar-refractivity contribution in [2.45, 2.75) is 34.0 Å². The third-order valence-corrected chi connectivity index (χ3v) is 6.58. The van der Waals surface area contributed by atoms with Crippen molar-refractivity contribution in [3.8, 4) is 23.0 Å². The van der Waals surface area contributed by atoms with Crippen LogP contribution in [-0.2, 0) is 18.0 Å². The minimum Gasteiger partial charge on any atom is -0.490 e. The molecule has 1 aliphatic rings. The molecule has 0 saturated heterocycles. The lowest BCUT2D eigenvalue weighted by Crippen LogP contribution is -2.21. The van der Waals surface area contributed by atoms with Gasteiger partial charge in [-0.05, 0) is 79.9 Å². The van der Waals surface area contributed by atoms with Crippen LogP contribution in [0.2, 0.25) is 0 Å². The number of amides is 1. The summed E-state index contributed by atoms with van der Waals surface area (Å²) in [6.45, 7) is 7.47. The average Bonchev–Trinajstić information content (AvgIpc) is 3.30. The fourth-order valence-electron chi connectivity index (χ4n) is 4.52. The van der Waals surface area contributed by atoms with Gasteiger partial charge in [-0.1, -0.05) is 60.7 Å². The highest BCUT2D eigenvalue weighted by molar-refractivity contribution is 6.32. The molecule has 0 saturated carbocycles. The van der Waals surface area contributed by atoms with Crippen molar-refractivity contribution in [2.75, 3.05) is 18.2 Å². The fraction of sp³-hybridized carbons (Fsp3) is 0.200. The number of anilines is 1. The van der Waals surface area contributed by atoms with Gasteiger partial charge in [-0.3, -0.25) is 4.79 Å². The van der Waals surface area contributed by atoms with Crippen LogP contribution in [0.4, 0.5) is 5.69 Å². The molecular weight excluding hydrogens is 528 g/mol. The van der Waals surface area contributed by atoms with E-state index >= 15 is 0 Å². The minimum atomic E-state index is -0.168. The third-order valence-electron chi connectivity index (χ3n) is 6.58. The fourth-order valence-corrected chi connectivity index (χ4v) is 4.52. The zero-order valence-electron chi connectivity index (χ0n) is 24.1. The van der Waals surface area contributed by atoms with E-state index < -0.39 is 0 Å². The molecule has 1 aliphatic heterocycles. The first-order valence-corrected chi connectivity index (χ1v) is 14.0. The molecule has 0 unspecified atom stereocenters. The van der Waals surface area contributed by atoms with Crippen molar-refractivity contribution in [1.82, 2.24) is 0 Å². The quantitative estimate of drug-likeness (QED) is 0.168. The lowest BCUT2D eigenvalue weighted by molar-refractivity contribution is -0.114. The summed E-state index contributed by atoms with van der Waals surface area (Å²) in [7, 11) is 0. The Morgan fingerprint density at radius 3 is 1.93 bits per heavy atom. The van der Waals surface area contributed by atoms with Crippen LogP contribution in [0.15, 0.2) is 108 Å². The summed E-state index contributed by atoms with van der Waals surface area (Å²) in [4.78, 5) is 13.1. The predicted molar refractivity (Wildman–Crippen MR) is 165 cm³/mol. The van der Waals surface area contributed by atoms with E-state index in [0.29, 0.717) is 60.7 Å². The standard InChI is InChI=1S/C35H34N2O5/c1-4-39-33-21-27(20-30-25(3)36-37(35(30)38)29-14-10-7-11-15-29)16-18-31(33)42-24-28-17-19-32(34(22-28)40-5-2)41-23-26-12-8-6-9-13-26/h6-22H,4-5,23-24H2,1-3H3/b30-20-. The summed E-state index contributed by atoms with van der Waals surface area (Å²) in [5, 5.41) is 5.89. The number of nitrogens with zero attached hydrogens (tertiary/aromatic N) is 2. The second-order valence-corrected chi connectivity index (χ2v) is 9.61. The third kappa shape index (κ3) is 6.81.